The van der Waals surface area contributed by atoms with Gasteiger partial charge in [0.25, 0.3) is 0 Å². The van der Waals surface area contributed by atoms with Gasteiger partial charge >= 0.3 is 5.97 Å². The minimum atomic E-state index is -3.79. The second kappa shape index (κ2) is 4.98. The van der Waals surface area contributed by atoms with Crippen LogP contribution in [0.5, 0.6) is 0 Å². The fourth-order valence-electron chi connectivity index (χ4n) is 1.02. The summed E-state index contributed by atoms with van der Waals surface area (Å²) in [5.74, 6) is -1.87. The highest BCUT2D eigenvalue weighted by Gasteiger charge is 2.22. The van der Waals surface area contributed by atoms with E-state index >= 15 is 0 Å². The highest BCUT2D eigenvalue weighted by atomic mass is 79.9. The Labute approximate surface area is 101 Å². The molecule has 0 aromatic carbocycles. The first-order valence-electron chi connectivity index (χ1n) is 4.21. The third-order valence-electron chi connectivity index (χ3n) is 1.79. The Morgan fingerprint density at radius 3 is 2.62 bits per heavy atom. The predicted octanol–water partition coefficient (Wildman–Crippen LogP) is 0.888. The van der Waals surface area contributed by atoms with Gasteiger partial charge in [0.2, 0.25) is 10.0 Å². The molecule has 1 aromatic heterocycles. The molecule has 0 aliphatic heterocycles. The summed E-state index contributed by atoms with van der Waals surface area (Å²) in [6.07, 6.45) is 0. The summed E-state index contributed by atoms with van der Waals surface area (Å²) >= 11 is 3.08. The summed E-state index contributed by atoms with van der Waals surface area (Å²) < 4.78 is 29.4. The first kappa shape index (κ1) is 13.2. The van der Waals surface area contributed by atoms with E-state index in [0.29, 0.717) is 10.4 Å². The van der Waals surface area contributed by atoms with Crippen LogP contribution in [-0.2, 0) is 21.4 Å². The van der Waals surface area contributed by atoms with E-state index in [1.54, 1.807) is 12.1 Å². The van der Waals surface area contributed by atoms with Crippen molar-refractivity contribution in [3.8, 4) is 0 Å². The van der Waals surface area contributed by atoms with Crippen LogP contribution in [0, 0.1) is 0 Å². The van der Waals surface area contributed by atoms with Crippen molar-refractivity contribution in [3.05, 3.63) is 22.6 Å². The van der Waals surface area contributed by atoms with Crippen LogP contribution in [0.15, 0.2) is 21.2 Å². The van der Waals surface area contributed by atoms with Crippen molar-refractivity contribution in [2.45, 2.75) is 6.54 Å². The zero-order chi connectivity index (χ0) is 12.3. The van der Waals surface area contributed by atoms with Crippen LogP contribution in [0.4, 0.5) is 0 Å². The van der Waals surface area contributed by atoms with Crippen LogP contribution in [0.2, 0.25) is 0 Å². The van der Waals surface area contributed by atoms with Gasteiger partial charge in [-0.15, -0.1) is 0 Å². The maximum absolute atomic E-state index is 11.4. The molecule has 0 fully saturated rings. The molecule has 1 rings (SSSR count). The molecule has 0 aliphatic rings. The Balaban J connectivity index is 2.72. The van der Waals surface area contributed by atoms with E-state index in [-0.39, 0.29) is 6.54 Å². The highest BCUT2D eigenvalue weighted by Crippen LogP contribution is 2.16. The molecule has 0 atom stereocenters. The van der Waals surface area contributed by atoms with Crippen molar-refractivity contribution in [3.63, 3.8) is 0 Å². The second-order valence-electron chi connectivity index (χ2n) is 3.11. The number of rotatable bonds is 5. The number of aliphatic carboxylic acids is 1. The lowest BCUT2D eigenvalue weighted by Crippen LogP contribution is -2.31. The fourth-order valence-corrected chi connectivity index (χ4v) is 2.22. The summed E-state index contributed by atoms with van der Waals surface area (Å²) in [4.78, 5) is 10.3. The number of nitrogens with zero attached hydrogens (tertiary/aromatic N) is 1. The Morgan fingerprint density at radius 2 is 2.19 bits per heavy atom. The van der Waals surface area contributed by atoms with Crippen molar-refractivity contribution in [2.75, 3.05) is 12.8 Å². The lowest BCUT2D eigenvalue weighted by atomic mass is 10.4. The fraction of sp³-hybridized carbons (Fsp3) is 0.375. The summed E-state index contributed by atoms with van der Waals surface area (Å²) in [6.45, 7) is 0.00120. The third kappa shape index (κ3) is 3.62. The maximum Gasteiger partial charge on any atom is 0.320 e. The van der Waals surface area contributed by atoms with Gasteiger partial charge in [0, 0.05) is 7.05 Å². The molecule has 90 valence electrons. The Bertz CT molecular complexity index is 480. The van der Waals surface area contributed by atoms with Gasteiger partial charge in [-0.1, -0.05) is 0 Å². The standard InChI is InChI=1S/C8H10BrNO5S/c1-10(16(13,14)5-8(11)12)4-6-2-3-7(9)15-6/h2-3H,4-5H2,1H3,(H,11,12). The predicted molar refractivity (Wildman–Crippen MR) is 59.3 cm³/mol. The number of carboxylic acids is 1. The quantitative estimate of drug-likeness (QED) is 0.872. The van der Waals surface area contributed by atoms with Crippen LogP contribution < -0.4 is 0 Å². The minimum Gasteiger partial charge on any atom is -0.480 e. The summed E-state index contributed by atoms with van der Waals surface area (Å²) in [6, 6.07) is 3.24. The van der Waals surface area contributed by atoms with Crippen molar-refractivity contribution in [2.24, 2.45) is 0 Å². The average molecular weight is 312 g/mol. The normalized spacial score (nSPS) is 11.9. The molecular formula is C8H10BrNO5S. The second-order valence-corrected chi connectivity index (χ2v) is 5.97. The van der Waals surface area contributed by atoms with Gasteiger partial charge in [-0.3, -0.25) is 4.79 Å². The SMILES string of the molecule is CN(Cc1ccc(Br)o1)S(=O)(=O)CC(=O)O. The van der Waals surface area contributed by atoms with E-state index in [0.717, 1.165) is 4.31 Å². The van der Waals surface area contributed by atoms with Gasteiger partial charge in [0.05, 0.1) is 6.54 Å². The van der Waals surface area contributed by atoms with E-state index in [1.165, 1.54) is 7.05 Å². The Morgan fingerprint density at radius 1 is 1.56 bits per heavy atom. The highest BCUT2D eigenvalue weighted by molar-refractivity contribution is 9.10. The monoisotopic (exact) mass is 311 g/mol. The molecule has 1 heterocycles. The van der Waals surface area contributed by atoms with Crippen LogP contribution in [0.25, 0.3) is 0 Å². The van der Waals surface area contributed by atoms with E-state index in [9.17, 15) is 13.2 Å². The lowest BCUT2D eigenvalue weighted by Gasteiger charge is -2.13. The topological polar surface area (TPSA) is 87.8 Å². The number of hydrogen-bond donors (Lipinski definition) is 1. The molecule has 6 nitrogen and oxygen atoms in total. The van der Waals surface area contributed by atoms with Gasteiger partial charge in [0.15, 0.2) is 10.4 Å². The molecule has 1 aromatic rings. The van der Waals surface area contributed by atoms with E-state index in [2.05, 4.69) is 15.9 Å². The molecule has 0 aliphatic carbocycles. The molecule has 0 radical (unpaired) electrons. The number of halogens is 1. The molecule has 1 N–H and O–H groups in total. The van der Waals surface area contributed by atoms with Crippen molar-refractivity contribution in [1.82, 2.24) is 4.31 Å². The largest absolute Gasteiger partial charge is 0.480 e. The molecule has 0 saturated carbocycles. The van der Waals surface area contributed by atoms with Gasteiger partial charge < -0.3 is 9.52 Å². The zero-order valence-electron chi connectivity index (χ0n) is 8.38. The van der Waals surface area contributed by atoms with E-state index in [4.69, 9.17) is 9.52 Å². The molecule has 0 amide bonds. The molecular weight excluding hydrogens is 302 g/mol. The molecule has 16 heavy (non-hydrogen) atoms. The van der Waals surface area contributed by atoms with Crippen LogP contribution in [0.1, 0.15) is 5.76 Å². The zero-order valence-corrected chi connectivity index (χ0v) is 10.8. The minimum absolute atomic E-state index is 0.00120. The van der Waals surface area contributed by atoms with Gasteiger partial charge in [0.1, 0.15) is 5.76 Å². The van der Waals surface area contributed by atoms with Gasteiger partial charge in [-0.05, 0) is 28.1 Å². The molecule has 0 bridgehead atoms. The number of carbonyl (C=O) groups is 1. The maximum atomic E-state index is 11.4. The lowest BCUT2D eigenvalue weighted by molar-refractivity contribution is -0.134. The van der Waals surface area contributed by atoms with Crippen LogP contribution in [-0.4, -0.2) is 36.6 Å². The smallest absolute Gasteiger partial charge is 0.320 e. The Hall–Kier alpha value is -0.860. The van der Waals surface area contributed by atoms with Gasteiger partial charge in [-0.25, -0.2) is 8.42 Å². The van der Waals surface area contributed by atoms with Gasteiger partial charge in [-0.2, -0.15) is 4.31 Å². The van der Waals surface area contributed by atoms with E-state index in [1.807, 2.05) is 0 Å². The summed E-state index contributed by atoms with van der Waals surface area (Å²) in [5, 5.41) is 8.43. The molecule has 0 saturated heterocycles. The van der Waals surface area contributed by atoms with E-state index < -0.39 is 21.7 Å². The Kier molecular flexibility index (Phi) is 4.11. The van der Waals surface area contributed by atoms with Crippen molar-refractivity contribution in [1.29, 1.82) is 0 Å². The van der Waals surface area contributed by atoms with Crippen LogP contribution in [0.3, 0.4) is 0 Å². The first-order valence-corrected chi connectivity index (χ1v) is 6.61. The summed E-state index contributed by atoms with van der Waals surface area (Å²) in [5.41, 5.74) is 0. The van der Waals surface area contributed by atoms with Crippen molar-refractivity contribution >= 4 is 31.9 Å². The number of carboxylic acid groups (broad SMARTS) is 1. The third-order valence-corrected chi connectivity index (χ3v) is 3.90. The molecule has 0 unspecified atom stereocenters. The van der Waals surface area contributed by atoms with Crippen molar-refractivity contribution < 1.29 is 22.7 Å². The average Bonchev–Trinajstić information content (AvgIpc) is 2.48. The van der Waals surface area contributed by atoms with Crippen LogP contribution >= 0.6 is 15.9 Å². The molecule has 0 spiro atoms. The number of sulfonamides is 1. The number of furan rings is 1. The summed E-state index contributed by atoms with van der Waals surface area (Å²) in [7, 11) is -2.49. The molecule has 8 heteroatoms. The first-order chi connectivity index (χ1) is 7.31. The number of hydrogen-bond acceptors (Lipinski definition) is 4.